The second-order valence-electron chi connectivity index (χ2n) is 2.08. The summed E-state index contributed by atoms with van der Waals surface area (Å²) in [5, 5.41) is 0. The zero-order valence-corrected chi connectivity index (χ0v) is 5.42. The number of hydrogen-bond donors (Lipinski definition) is 1. The van der Waals surface area contributed by atoms with Gasteiger partial charge in [0.15, 0.2) is 6.29 Å². The first-order valence-corrected chi connectivity index (χ1v) is 2.89. The van der Waals surface area contributed by atoms with Crippen LogP contribution < -0.4 is 5.73 Å². The maximum Gasteiger partial charge on any atom is 0.401 e. The van der Waals surface area contributed by atoms with Gasteiger partial charge in [0, 0.05) is 12.4 Å². The van der Waals surface area contributed by atoms with E-state index in [2.05, 4.69) is 9.98 Å². The van der Waals surface area contributed by atoms with Gasteiger partial charge in [0.2, 0.25) is 0 Å². The lowest BCUT2D eigenvalue weighted by Crippen LogP contribution is -2.31. The Morgan fingerprint density at radius 3 is 2.00 bits per heavy atom. The fourth-order valence-electron chi connectivity index (χ4n) is 0.608. The number of nitrogens with two attached hydrogens (primary N) is 1. The molecule has 1 aliphatic rings. The summed E-state index contributed by atoms with van der Waals surface area (Å²) in [6.45, 7) is 0. The zero-order chi connectivity index (χ0) is 8.48. The minimum absolute atomic E-state index is 0.762. The third-order valence-corrected chi connectivity index (χ3v) is 1.18. The first-order valence-electron chi connectivity index (χ1n) is 2.89. The normalized spacial score (nSPS) is 30.9. The number of aliphatic imine (C=N–C) groups is 2. The summed E-state index contributed by atoms with van der Waals surface area (Å²) < 4.78 is 35.5. The third-order valence-electron chi connectivity index (χ3n) is 1.18. The lowest BCUT2D eigenvalue weighted by molar-refractivity contribution is -0.137. The number of halogens is 3. The van der Waals surface area contributed by atoms with Crippen LogP contribution in [0, 0.1) is 5.92 Å². The number of rotatable bonds is 0. The molecule has 1 heterocycles. The van der Waals surface area contributed by atoms with E-state index in [1.54, 1.807) is 0 Å². The van der Waals surface area contributed by atoms with Crippen LogP contribution in [0.2, 0.25) is 0 Å². The Bertz CT molecular complexity index is 182. The predicted molar refractivity (Wildman–Crippen MR) is 34.5 cm³/mol. The first-order chi connectivity index (χ1) is 5.00. The summed E-state index contributed by atoms with van der Waals surface area (Å²) in [4.78, 5) is 6.63. The van der Waals surface area contributed by atoms with Crippen molar-refractivity contribution in [1.82, 2.24) is 0 Å². The molecular formula is C5H6F3N3. The molecule has 0 bridgehead atoms. The molecule has 0 amide bonds. The second kappa shape index (κ2) is 2.61. The van der Waals surface area contributed by atoms with Crippen molar-refractivity contribution in [2.75, 3.05) is 0 Å². The molecule has 0 fully saturated rings. The van der Waals surface area contributed by atoms with Crippen LogP contribution in [0.3, 0.4) is 0 Å². The van der Waals surface area contributed by atoms with Crippen molar-refractivity contribution in [2.24, 2.45) is 21.6 Å². The minimum Gasteiger partial charge on any atom is -0.291 e. The Balaban J connectivity index is 2.66. The minimum atomic E-state index is -4.30. The Labute approximate surface area is 60.8 Å². The summed E-state index contributed by atoms with van der Waals surface area (Å²) in [5.41, 5.74) is 5.08. The van der Waals surface area contributed by atoms with E-state index in [-0.39, 0.29) is 0 Å². The van der Waals surface area contributed by atoms with E-state index in [9.17, 15) is 13.2 Å². The summed E-state index contributed by atoms with van der Waals surface area (Å²) in [5.74, 6) is -1.68. The molecule has 0 saturated heterocycles. The van der Waals surface area contributed by atoms with Crippen LogP contribution in [-0.4, -0.2) is 24.9 Å². The fourth-order valence-corrected chi connectivity index (χ4v) is 0.608. The quantitative estimate of drug-likeness (QED) is 0.560. The summed E-state index contributed by atoms with van der Waals surface area (Å²) in [6, 6.07) is 0. The van der Waals surface area contributed by atoms with Gasteiger partial charge >= 0.3 is 6.18 Å². The number of nitrogens with zero attached hydrogens (tertiary/aromatic N) is 2. The lowest BCUT2D eigenvalue weighted by atomic mass is 10.2. The van der Waals surface area contributed by atoms with Gasteiger partial charge in [-0.25, -0.2) is 0 Å². The standard InChI is InChI=1S/C5H6F3N3/c6-5(7,8)3-1-10-4(9)11-2-3/h1-4H,9H2. The smallest absolute Gasteiger partial charge is 0.291 e. The molecule has 0 saturated carbocycles. The maximum absolute atomic E-state index is 11.8. The van der Waals surface area contributed by atoms with E-state index in [0.29, 0.717) is 0 Å². The molecule has 0 unspecified atom stereocenters. The van der Waals surface area contributed by atoms with Crippen molar-refractivity contribution in [1.29, 1.82) is 0 Å². The highest BCUT2D eigenvalue weighted by atomic mass is 19.4. The molecule has 0 radical (unpaired) electrons. The first kappa shape index (κ1) is 8.19. The molecule has 2 N–H and O–H groups in total. The largest absolute Gasteiger partial charge is 0.401 e. The molecule has 0 aromatic rings. The summed E-state index contributed by atoms with van der Waals surface area (Å²) in [7, 11) is 0. The molecule has 1 aliphatic heterocycles. The van der Waals surface area contributed by atoms with Crippen LogP contribution in [0.15, 0.2) is 9.98 Å². The van der Waals surface area contributed by atoms with Crippen molar-refractivity contribution < 1.29 is 13.2 Å². The van der Waals surface area contributed by atoms with Crippen LogP contribution in [0.25, 0.3) is 0 Å². The SMILES string of the molecule is NC1N=CC(C(F)(F)F)C=N1. The number of alkyl halides is 3. The Hall–Kier alpha value is -0.910. The van der Waals surface area contributed by atoms with Gasteiger partial charge < -0.3 is 0 Å². The van der Waals surface area contributed by atoms with Gasteiger partial charge in [-0.3, -0.25) is 15.7 Å². The van der Waals surface area contributed by atoms with Crippen LogP contribution in [-0.2, 0) is 0 Å². The fraction of sp³-hybridized carbons (Fsp3) is 0.600. The second-order valence-corrected chi connectivity index (χ2v) is 2.08. The maximum atomic E-state index is 11.8. The third kappa shape index (κ3) is 2.01. The number of hydrogen-bond acceptors (Lipinski definition) is 3. The van der Waals surface area contributed by atoms with Gasteiger partial charge in [-0.05, 0) is 0 Å². The van der Waals surface area contributed by atoms with Crippen LogP contribution in [0.5, 0.6) is 0 Å². The van der Waals surface area contributed by atoms with Gasteiger partial charge in [-0.2, -0.15) is 13.2 Å². The average molecular weight is 165 g/mol. The lowest BCUT2D eigenvalue weighted by Gasteiger charge is -2.15. The zero-order valence-electron chi connectivity index (χ0n) is 5.42. The Morgan fingerprint density at radius 2 is 1.64 bits per heavy atom. The Kier molecular flexibility index (Phi) is 1.95. The van der Waals surface area contributed by atoms with Crippen LogP contribution in [0.1, 0.15) is 0 Å². The molecule has 0 spiro atoms. The highest BCUT2D eigenvalue weighted by molar-refractivity contribution is 5.86. The molecule has 6 heteroatoms. The highest BCUT2D eigenvalue weighted by Gasteiger charge is 2.38. The van der Waals surface area contributed by atoms with E-state index < -0.39 is 18.4 Å². The van der Waals surface area contributed by atoms with Gasteiger partial charge in [0.05, 0.1) is 0 Å². The monoisotopic (exact) mass is 165 g/mol. The predicted octanol–water partition coefficient (Wildman–Crippen LogP) is 0.562. The molecule has 1 rings (SSSR count). The topological polar surface area (TPSA) is 50.7 Å². The van der Waals surface area contributed by atoms with E-state index in [1.165, 1.54) is 0 Å². The summed E-state index contributed by atoms with van der Waals surface area (Å²) in [6.07, 6.45) is -3.64. The molecule has 0 aromatic carbocycles. The van der Waals surface area contributed by atoms with Gasteiger partial charge in [-0.1, -0.05) is 0 Å². The average Bonchev–Trinajstić information content (AvgIpc) is 1.86. The highest BCUT2D eigenvalue weighted by Crippen LogP contribution is 2.24. The molecule has 0 atom stereocenters. The molecule has 0 aliphatic carbocycles. The van der Waals surface area contributed by atoms with Crippen molar-refractivity contribution in [3.05, 3.63) is 0 Å². The van der Waals surface area contributed by atoms with E-state index >= 15 is 0 Å². The van der Waals surface area contributed by atoms with E-state index in [0.717, 1.165) is 12.4 Å². The molecular weight excluding hydrogens is 159 g/mol. The van der Waals surface area contributed by atoms with Gasteiger partial charge in [0.25, 0.3) is 0 Å². The van der Waals surface area contributed by atoms with Crippen molar-refractivity contribution in [3.63, 3.8) is 0 Å². The van der Waals surface area contributed by atoms with Gasteiger partial charge in [0.1, 0.15) is 5.92 Å². The van der Waals surface area contributed by atoms with Crippen molar-refractivity contribution in [2.45, 2.75) is 12.5 Å². The molecule has 62 valence electrons. The Morgan fingerprint density at radius 1 is 1.18 bits per heavy atom. The summed E-state index contributed by atoms with van der Waals surface area (Å²) >= 11 is 0. The van der Waals surface area contributed by atoms with E-state index in [4.69, 9.17) is 5.73 Å². The molecule has 0 aromatic heterocycles. The molecule has 11 heavy (non-hydrogen) atoms. The van der Waals surface area contributed by atoms with E-state index in [1.807, 2.05) is 0 Å². The van der Waals surface area contributed by atoms with Crippen LogP contribution >= 0.6 is 0 Å². The van der Waals surface area contributed by atoms with Gasteiger partial charge in [-0.15, -0.1) is 0 Å². The molecule has 3 nitrogen and oxygen atoms in total. The van der Waals surface area contributed by atoms with Crippen molar-refractivity contribution >= 4 is 12.4 Å². The van der Waals surface area contributed by atoms with Crippen molar-refractivity contribution in [3.8, 4) is 0 Å². The van der Waals surface area contributed by atoms with Crippen LogP contribution in [0.4, 0.5) is 13.2 Å².